The smallest absolute Gasteiger partial charge is 0.333 e. The van der Waals surface area contributed by atoms with Gasteiger partial charge in [-0.05, 0) is 53.5 Å². The number of aromatic nitrogens is 2. The fraction of sp³-hybridized carbons (Fsp3) is 0.545. The molecule has 0 saturated carbocycles. The van der Waals surface area contributed by atoms with E-state index in [1.807, 2.05) is 0 Å². The van der Waals surface area contributed by atoms with E-state index in [-0.39, 0.29) is 16.9 Å². The summed E-state index contributed by atoms with van der Waals surface area (Å²) in [5.74, 6) is -0.243. The minimum absolute atomic E-state index is 0.0548. The molecule has 29 heavy (non-hydrogen) atoms. The van der Waals surface area contributed by atoms with Crippen LogP contribution in [0.15, 0.2) is 24.5 Å². The van der Waals surface area contributed by atoms with Gasteiger partial charge in [0, 0.05) is 25.3 Å². The zero-order valence-electron chi connectivity index (χ0n) is 17.2. The van der Waals surface area contributed by atoms with Crippen molar-refractivity contribution in [2.75, 3.05) is 13.1 Å². The third kappa shape index (κ3) is 3.92. The van der Waals surface area contributed by atoms with Crippen molar-refractivity contribution in [1.29, 1.82) is 0 Å². The van der Waals surface area contributed by atoms with Gasteiger partial charge in [0.2, 0.25) is 0 Å². The van der Waals surface area contributed by atoms with Gasteiger partial charge in [0.1, 0.15) is 0 Å². The standard InChI is InChI=1S/C22H28F2N4O/c1-22(2,3)16-9-14-6-8-27(20(29)15-11-26-28(12-15)21(23)24)13-18(14)17(10-16)19-5-4-7-25-19/h9-12,19,21,25H,4-8,13H2,1-3H3/t19-/m0/s1. The first-order valence-corrected chi connectivity index (χ1v) is 10.2. The second kappa shape index (κ2) is 7.52. The number of benzene rings is 1. The van der Waals surface area contributed by atoms with E-state index in [9.17, 15) is 13.6 Å². The molecule has 0 aliphatic carbocycles. The van der Waals surface area contributed by atoms with Crippen molar-refractivity contribution in [3.63, 3.8) is 0 Å². The first-order chi connectivity index (χ1) is 13.7. The van der Waals surface area contributed by atoms with Gasteiger partial charge in [-0.1, -0.05) is 32.9 Å². The van der Waals surface area contributed by atoms with Crippen LogP contribution in [0.3, 0.4) is 0 Å². The topological polar surface area (TPSA) is 50.2 Å². The Morgan fingerprint density at radius 1 is 1.31 bits per heavy atom. The molecule has 1 aromatic carbocycles. The lowest BCUT2D eigenvalue weighted by atomic mass is 9.80. The molecule has 2 aromatic rings. The van der Waals surface area contributed by atoms with E-state index in [2.05, 4.69) is 43.3 Å². The van der Waals surface area contributed by atoms with Gasteiger partial charge < -0.3 is 10.2 Å². The van der Waals surface area contributed by atoms with Crippen LogP contribution < -0.4 is 5.32 Å². The number of nitrogens with zero attached hydrogens (tertiary/aromatic N) is 3. The monoisotopic (exact) mass is 402 g/mol. The SMILES string of the molecule is CC(C)(C)c1cc2c(c([C@@H]3CCCN3)c1)CN(C(=O)c1cnn(C(F)F)c1)CC2. The van der Waals surface area contributed by atoms with Gasteiger partial charge in [-0.2, -0.15) is 13.9 Å². The molecule has 0 unspecified atom stereocenters. The number of fused-ring (bicyclic) bond motifs is 1. The van der Waals surface area contributed by atoms with E-state index < -0.39 is 6.55 Å². The van der Waals surface area contributed by atoms with Gasteiger partial charge in [0.25, 0.3) is 5.91 Å². The maximum absolute atomic E-state index is 12.9. The Hall–Kier alpha value is -2.28. The zero-order chi connectivity index (χ0) is 20.8. The predicted molar refractivity (Wildman–Crippen MR) is 107 cm³/mol. The Morgan fingerprint density at radius 2 is 2.10 bits per heavy atom. The van der Waals surface area contributed by atoms with Crippen LogP contribution >= 0.6 is 0 Å². The van der Waals surface area contributed by atoms with Crippen molar-refractivity contribution in [3.8, 4) is 0 Å². The first-order valence-electron chi connectivity index (χ1n) is 10.2. The highest BCUT2D eigenvalue weighted by atomic mass is 19.3. The van der Waals surface area contributed by atoms with E-state index in [4.69, 9.17) is 0 Å². The summed E-state index contributed by atoms with van der Waals surface area (Å²) >= 11 is 0. The molecule has 1 fully saturated rings. The summed E-state index contributed by atoms with van der Waals surface area (Å²) in [5, 5.41) is 7.20. The lowest BCUT2D eigenvalue weighted by molar-refractivity contribution is 0.0563. The number of hydrogen-bond acceptors (Lipinski definition) is 3. The average molecular weight is 402 g/mol. The minimum atomic E-state index is -2.74. The maximum atomic E-state index is 12.9. The Labute approximate surface area is 170 Å². The summed E-state index contributed by atoms with van der Waals surface area (Å²) in [6, 6.07) is 4.89. The van der Waals surface area contributed by atoms with Crippen LogP contribution in [0.5, 0.6) is 0 Å². The molecule has 1 atom stereocenters. The van der Waals surface area contributed by atoms with E-state index in [0.717, 1.165) is 32.0 Å². The molecule has 1 aromatic heterocycles. The number of halogens is 2. The molecule has 2 aliphatic rings. The molecule has 0 radical (unpaired) electrons. The van der Waals surface area contributed by atoms with Crippen molar-refractivity contribution in [2.45, 2.75) is 64.6 Å². The van der Waals surface area contributed by atoms with Crippen molar-refractivity contribution in [3.05, 3.63) is 52.3 Å². The minimum Gasteiger partial charge on any atom is -0.334 e. The normalized spacial score (nSPS) is 19.7. The summed E-state index contributed by atoms with van der Waals surface area (Å²) in [7, 11) is 0. The Kier molecular flexibility index (Phi) is 5.19. The Bertz CT molecular complexity index is 910. The molecule has 1 N–H and O–H groups in total. The number of alkyl halides is 2. The van der Waals surface area contributed by atoms with Crippen LogP contribution in [0, 0.1) is 0 Å². The summed E-state index contributed by atoms with van der Waals surface area (Å²) in [5.41, 5.74) is 5.37. The van der Waals surface area contributed by atoms with Gasteiger partial charge in [-0.3, -0.25) is 4.79 Å². The van der Waals surface area contributed by atoms with E-state index in [0.29, 0.717) is 23.8 Å². The highest BCUT2D eigenvalue weighted by Crippen LogP contribution is 2.36. The molecule has 3 heterocycles. The van der Waals surface area contributed by atoms with E-state index in [1.54, 1.807) is 4.90 Å². The average Bonchev–Trinajstić information content (AvgIpc) is 3.37. The number of carbonyl (C=O) groups excluding carboxylic acids is 1. The maximum Gasteiger partial charge on any atom is 0.333 e. The van der Waals surface area contributed by atoms with Crippen molar-refractivity contribution in [2.24, 2.45) is 0 Å². The molecular formula is C22H28F2N4O. The second-order valence-corrected chi connectivity index (χ2v) is 9.07. The molecule has 1 amide bonds. The van der Waals surface area contributed by atoms with Crippen LogP contribution in [0.2, 0.25) is 0 Å². The molecule has 0 bridgehead atoms. The summed E-state index contributed by atoms with van der Waals surface area (Å²) in [6.07, 6.45) is 5.37. The van der Waals surface area contributed by atoms with Crippen molar-refractivity contribution < 1.29 is 13.6 Å². The van der Waals surface area contributed by atoms with E-state index in [1.165, 1.54) is 28.5 Å². The fourth-order valence-electron chi connectivity index (χ4n) is 4.30. The zero-order valence-corrected chi connectivity index (χ0v) is 17.2. The summed E-state index contributed by atoms with van der Waals surface area (Å²) in [6.45, 7) is 6.02. The van der Waals surface area contributed by atoms with Gasteiger partial charge in [-0.25, -0.2) is 4.68 Å². The first kappa shape index (κ1) is 20.0. The summed E-state index contributed by atoms with van der Waals surface area (Å²) in [4.78, 5) is 14.7. The van der Waals surface area contributed by atoms with Gasteiger partial charge >= 0.3 is 6.55 Å². The van der Waals surface area contributed by atoms with Gasteiger partial charge in [0.15, 0.2) is 0 Å². The third-order valence-corrected chi connectivity index (χ3v) is 6.01. The van der Waals surface area contributed by atoms with E-state index >= 15 is 0 Å². The lowest BCUT2D eigenvalue weighted by Gasteiger charge is -2.33. The molecule has 4 rings (SSSR count). The van der Waals surface area contributed by atoms with Gasteiger partial charge in [0.05, 0.1) is 11.8 Å². The molecule has 0 spiro atoms. The fourth-order valence-corrected chi connectivity index (χ4v) is 4.30. The van der Waals surface area contributed by atoms with Crippen LogP contribution in [0.4, 0.5) is 8.78 Å². The van der Waals surface area contributed by atoms with Crippen LogP contribution in [0.25, 0.3) is 0 Å². The molecule has 5 nitrogen and oxygen atoms in total. The lowest BCUT2D eigenvalue weighted by Crippen LogP contribution is -2.37. The highest BCUT2D eigenvalue weighted by Gasteiger charge is 2.30. The molecule has 156 valence electrons. The van der Waals surface area contributed by atoms with Crippen molar-refractivity contribution >= 4 is 5.91 Å². The van der Waals surface area contributed by atoms with Crippen molar-refractivity contribution in [1.82, 2.24) is 20.0 Å². The predicted octanol–water partition coefficient (Wildman–Crippen LogP) is 4.20. The number of amides is 1. The van der Waals surface area contributed by atoms with Crippen LogP contribution in [-0.4, -0.2) is 33.7 Å². The Balaban J connectivity index is 1.66. The largest absolute Gasteiger partial charge is 0.334 e. The van der Waals surface area contributed by atoms with Gasteiger partial charge in [-0.15, -0.1) is 0 Å². The highest BCUT2D eigenvalue weighted by molar-refractivity contribution is 5.93. The number of rotatable bonds is 3. The molecule has 2 aliphatic heterocycles. The van der Waals surface area contributed by atoms with Crippen LogP contribution in [0.1, 0.15) is 78.8 Å². The summed E-state index contributed by atoms with van der Waals surface area (Å²) < 4.78 is 26.1. The Morgan fingerprint density at radius 3 is 2.72 bits per heavy atom. The molecular weight excluding hydrogens is 374 g/mol. The van der Waals surface area contributed by atoms with Crippen LogP contribution in [-0.2, 0) is 18.4 Å². The quantitative estimate of drug-likeness (QED) is 0.837. The number of hydrogen-bond donors (Lipinski definition) is 1. The second-order valence-electron chi connectivity index (χ2n) is 9.07. The third-order valence-electron chi connectivity index (χ3n) is 6.01. The molecule has 1 saturated heterocycles. The molecule has 7 heteroatoms. The number of nitrogens with one attached hydrogen (secondary N) is 1. The number of carbonyl (C=O) groups is 1.